The Balaban J connectivity index is 1.93. The number of carbonyl (C=O) groups is 2. The molecule has 1 aliphatic heterocycles. The molecule has 5 heteroatoms. The van der Waals surface area contributed by atoms with E-state index in [4.69, 9.17) is 4.42 Å². The second kappa shape index (κ2) is 5.02. The summed E-state index contributed by atoms with van der Waals surface area (Å²) in [4.78, 5) is 25.9. The Labute approximate surface area is 120 Å². The quantitative estimate of drug-likeness (QED) is 0.787. The van der Waals surface area contributed by atoms with Gasteiger partial charge in [-0.2, -0.15) is 0 Å². The number of anilines is 1. The maximum absolute atomic E-state index is 12.3. The molecule has 0 unspecified atom stereocenters. The van der Waals surface area contributed by atoms with Gasteiger partial charge in [0.1, 0.15) is 5.76 Å². The lowest BCUT2D eigenvalue weighted by Crippen LogP contribution is -2.27. The third-order valence-corrected chi connectivity index (χ3v) is 3.77. The predicted molar refractivity (Wildman–Crippen MR) is 78.3 cm³/mol. The molecule has 2 amide bonds. The van der Waals surface area contributed by atoms with Gasteiger partial charge in [0.15, 0.2) is 0 Å². The molecule has 1 aliphatic rings. The number of benzene rings is 1. The SMILES string of the molecule is Cc1ccc(N2C(=O)S/C(=C\c3ccco3)C2=O)cc1. The zero-order valence-electron chi connectivity index (χ0n) is 10.7. The molecule has 0 spiro atoms. The van der Waals surface area contributed by atoms with Crippen LogP contribution in [0.15, 0.2) is 52.0 Å². The summed E-state index contributed by atoms with van der Waals surface area (Å²) in [6.07, 6.45) is 3.11. The molecule has 0 saturated carbocycles. The number of imide groups is 1. The van der Waals surface area contributed by atoms with Crippen LogP contribution in [-0.2, 0) is 4.79 Å². The lowest BCUT2D eigenvalue weighted by atomic mass is 10.2. The van der Waals surface area contributed by atoms with E-state index in [0.717, 1.165) is 17.3 Å². The fourth-order valence-corrected chi connectivity index (χ4v) is 2.71. The van der Waals surface area contributed by atoms with Gasteiger partial charge in [0, 0.05) is 6.08 Å². The molecule has 1 saturated heterocycles. The van der Waals surface area contributed by atoms with Gasteiger partial charge in [0.05, 0.1) is 16.9 Å². The van der Waals surface area contributed by atoms with Crippen molar-refractivity contribution in [3.63, 3.8) is 0 Å². The summed E-state index contributed by atoms with van der Waals surface area (Å²) >= 11 is 0.918. The first-order valence-corrected chi connectivity index (χ1v) is 6.85. The van der Waals surface area contributed by atoms with Gasteiger partial charge < -0.3 is 4.42 Å². The van der Waals surface area contributed by atoms with E-state index in [9.17, 15) is 9.59 Å². The molecule has 4 nitrogen and oxygen atoms in total. The van der Waals surface area contributed by atoms with Crippen LogP contribution in [0.3, 0.4) is 0 Å². The zero-order chi connectivity index (χ0) is 14.1. The van der Waals surface area contributed by atoms with Crippen LogP contribution in [0, 0.1) is 6.92 Å². The van der Waals surface area contributed by atoms with Crippen LogP contribution in [0.1, 0.15) is 11.3 Å². The van der Waals surface area contributed by atoms with Crippen LogP contribution in [0.4, 0.5) is 10.5 Å². The molecule has 0 bridgehead atoms. The number of hydrogen-bond donors (Lipinski definition) is 0. The molecular weight excluding hydrogens is 274 g/mol. The van der Waals surface area contributed by atoms with Crippen molar-refractivity contribution in [1.82, 2.24) is 0 Å². The van der Waals surface area contributed by atoms with E-state index in [1.807, 2.05) is 19.1 Å². The highest BCUT2D eigenvalue weighted by atomic mass is 32.2. The lowest BCUT2D eigenvalue weighted by molar-refractivity contribution is -0.113. The average Bonchev–Trinajstić information content (AvgIpc) is 3.02. The minimum atomic E-state index is -0.319. The number of amides is 2. The first kappa shape index (κ1) is 12.7. The molecule has 2 aromatic rings. The molecule has 20 heavy (non-hydrogen) atoms. The van der Waals surface area contributed by atoms with Crippen molar-refractivity contribution in [3.8, 4) is 0 Å². The minimum absolute atomic E-state index is 0.295. The van der Waals surface area contributed by atoms with Crippen molar-refractivity contribution in [2.45, 2.75) is 6.92 Å². The van der Waals surface area contributed by atoms with Crippen LogP contribution in [0.25, 0.3) is 6.08 Å². The standard InChI is InChI=1S/C15H11NO3S/c1-10-4-6-11(7-5-10)16-14(17)13(20-15(16)18)9-12-3-2-8-19-12/h2-9H,1H3/b13-9-. The summed E-state index contributed by atoms with van der Waals surface area (Å²) in [6.45, 7) is 1.95. The molecule has 2 heterocycles. The highest BCUT2D eigenvalue weighted by molar-refractivity contribution is 8.19. The highest BCUT2D eigenvalue weighted by Crippen LogP contribution is 2.35. The van der Waals surface area contributed by atoms with E-state index < -0.39 is 0 Å². The number of thioether (sulfide) groups is 1. The van der Waals surface area contributed by atoms with Gasteiger partial charge in [0.2, 0.25) is 0 Å². The maximum Gasteiger partial charge on any atom is 0.298 e. The number of aryl methyl sites for hydroxylation is 1. The van der Waals surface area contributed by atoms with Gasteiger partial charge >= 0.3 is 0 Å². The summed E-state index contributed by atoms with van der Waals surface area (Å²) in [7, 11) is 0. The number of carbonyl (C=O) groups excluding carboxylic acids is 2. The van der Waals surface area contributed by atoms with Crippen molar-refractivity contribution in [2.24, 2.45) is 0 Å². The fourth-order valence-electron chi connectivity index (χ4n) is 1.89. The predicted octanol–water partition coefficient (Wildman–Crippen LogP) is 3.83. The fraction of sp³-hybridized carbons (Fsp3) is 0.0667. The molecular formula is C15H11NO3S. The van der Waals surface area contributed by atoms with Crippen molar-refractivity contribution in [1.29, 1.82) is 0 Å². The molecule has 0 radical (unpaired) electrons. The third-order valence-electron chi connectivity index (χ3n) is 2.90. The second-order valence-corrected chi connectivity index (χ2v) is 5.36. The van der Waals surface area contributed by atoms with E-state index in [1.54, 1.807) is 30.3 Å². The van der Waals surface area contributed by atoms with E-state index in [-0.39, 0.29) is 11.1 Å². The van der Waals surface area contributed by atoms with Gasteiger partial charge in [-0.05, 0) is 43.0 Å². The van der Waals surface area contributed by atoms with Gasteiger partial charge in [0.25, 0.3) is 11.1 Å². The van der Waals surface area contributed by atoms with Crippen molar-refractivity contribution in [2.75, 3.05) is 4.90 Å². The van der Waals surface area contributed by atoms with Crippen molar-refractivity contribution in [3.05, 3.63) is 58.9 Å². The summed E-state index contributed by atoms with van der Waals surface area (Å²) in [6, 6.07) is 10.7. The summed E-state index contributed by atoms with van der Waals surface area (Å²) in [5.41, 5.74) is 1.66. The second-order valence-electron chi connectivity index (χ2n) is 4.37. The van der Waals surface area contributed by atoms with E-state index in [1.165, 1.54) is 11.2 Å². The topological polar surface area (TPSA) is 50.5 Å². The Morgan fingerprint density at radius 2 is 1.90 bits per heavy atom. The van der Waals surface area contributed by atoms with Gasteiger partial charge in [-0.25, -0.2) is 4.90 Å². The molecule has 0 atom stereocenters. The first-order chi connectivity index (χ1) is 9.65. The van der Waals surface area contributed by atoms with E-state index in [2.05, 4.69) is 0 Å². The average molecular weight is 285 g/mol. The van der Waals surface area contributed by atoms with Gasteiger partial charge in [-0.15, -0.1) is 0 Å². The monoisotopic (exact) mass is 285 g/mol. The summed E-state index contributed by atoms with van der Waals surface area (Å²) in [5, 5.41) is -0.295. The zero-order valence-corrected chi connectivity index (χ0v) is 11.5. The largest absolute Gasteiger partial charge is 0.465 e. The number of rotatable bonds is 2. The maximum atomic E-state index is 12.3. The van der Waals surface area contributed by atoms with Crippen LogP contribution >= 0.6 is 11.8 Å². The van der Waals surface area contributed by atoms with Crippen LogP contribution in [0.5, 0.6) is 0 Å². The third kappa shape index (κ3) is 2.28. The molecule has 1 fully saturated rings. The lowest BCUT2D eigenvalue weighted by Gasteiger charge is -2.12. The van der Waals surface area contributed by atoms with Gasteiger partial charge in [-0.1, -0.05) is 17.7 Å². The van der Waals surface area contributed by atoms with Crippen molar-refractivity contribution >= 4 is 34.7 Å². The Morgan fingerprint density at radius 1 is 1.15 bits per heavy atom. The van der Waals surface area contributed by atoms with Crippen LogP contribution < -0.4 is 4.90 Å². The molecule has 0 N–H and O–H groups in total. The first-order valence-electron chi connectivity index (χ1n) is 6.03. The van der Waals surface area contributed by atoms with Crippen molar-refractivity contribution < 1.29 is 14.0 Å². The molecule has 0 aliphatic carbocycles. The van der Waals surface area contributed by atoms with Gasteiger partial charge in [-0.3, -0.25) is 9.59 Å². The number of hydrogen-bond acceptors (Lipinski definition) is 4. The number of nitrogens with zero attached hydrogens (tertiary/aromatic N) is 1. The smallest absolute Gasteiger partial charge is 0.298 e. The van der Waals surface area contributed by atoms with Crippen LogP contribution in [-0.4, -0.2) is 11.1 Å². The molecule has 100 valence electrons. The number of furan rings is 1. The molecule has 1 aromatic carbocycles. The Bertz CT molecular complexity index is 686. The molecule has 3 rings (SSSR count). The Hall–Kier alpha value is -2.27. The van der Waals surface area contributed by atoms with E-state index >= 15 is 0 Å². The van der Waals surface area contributed by atoms with E-state index in [0.29, 0.717) is 16.4 Å². The summed E-state index contributed by atoms with van der Waals surface area (Å²) < 4.78 is 5.16. The minimum Gasteiger partial charge on any atom is -0.465 e. The molecule has 1 aromatic heterocycles. The van der Waals surface area contributed by atoms with Crippen LogP contribution in [0.2, 0.25) is 0 Å². The normalized spacial score (nSPS) is 17.2. The Kier molecular flexibility index (Phi) is 3.20. The highest BCUT2D eigenvalue weighted by Gasteiger charge is 2.36. The Morgan fingerprint density at radius 3 is 2.55 bits per heavy atom. The summed E-state index contributed by atoms with van der Waals surface area (Å²) in [5.74, 6) is 0.236.